The molecule has 3 heteroatoms. The lowest BCUT2D eigenvalue weighted by Crippen LogP contribution is -2.12. The summed E-state index contributed by atoms with van der Waals surface area (Å²) in [5, 5.41) is 0. The van der Waals surface area contributed by atoms with Crippen LogP contribution in [0.1, 0.15) is 39.9 Å². The molecule has 98 valence electrons. The molecule has 1 aromatic rings. The molecule has 0 heterocycles. The smallest absolute Gasteiger partial charge is 0.170 e. The normalized spacial score (nSPS) is 10.4. The highest BCUT2D eigenvalue weighted by Gasteiger charge is 2.16. The van der Waals surface area contributed by atoms with Crippen LogP contribution in [0.15, 0.2) is 12.1 Å². The van der Waals surface area contributed by atoms with Crippen molar-refractivity contribution in [2.75, 3.05) is 13.7 Å². The van der Waals surface area contributed by atoms with Gasteiger partial charge in [-0.25, -0.2) is 0 Å². The summed E-state index contributed by atoms with van der Waals surface area (Å²) in [5.41, 5.74) is 3.70. The first kappa shape index (κ1) is 14.6. The molecule has 0 saturated heterocycles. The fourth-order valence-electron chi connectivity index (χ4n) is 2.19. The lowest BCUT2D eigenvalue weighted by atomic mass is 9.94. The van der Waals surface area contributed by atoms with Crippen molar-refractivity contribution in [3.05, 3.63) is 34.4 Å². The zero-order chi connectivity index (χ0) is 13.7. The number of methoxy groups -OCH3 is 1. The van der Waals surface area contributed by atoms with Crippen molar-refractivity contribution >= 4 is 11.6 Å². The topological polar surface area (TPSA) is 43.4 Å². The Labute approximate surface area is 108 Å². The van der Waals surface area contributed by atoms with Crippen LogP contribution in [0.4, 0.5) is 0 Å². The second kappa shape index (κ2) is 6.45. The largest absolute Gasteiger partial charge is 0.384 e. The molecule has 0 aliphatic carbocycles. The summed E-state index contributed by atoms with van der Waals surface area (Å²) in [6.07, 6.45) is 0.264. The van der Waals surface area contributed by atoms with E-state index in [1.807, 2.05) is 32.9 Å². The molecular formula is C15H20O3. The third kappa shape index (κ3) is 3.77. The molecule has 18 heavy (non-hydrogen) atoms. The summed E-state index contributed by atoms with van der Waals surface area (Å²) in [6, 6.07) is 3.94. The molecule has 0 saturated carbocycles. The molecule has 0 spiro atoms. The van der Waals surface area contributed by atoms with Crippen molar-refractivity contribution < 1.29 is 14.3 Å². The third-order valence-corrected chi connectivity index (χ3v) is 2.90. The average Bonchev–Trinajstić information content (AvgIpc) is 2.24. The van der Waals surface area contributed by atoms with Crippen molar-refractivity contribution in [3.8, 4) is 0 Å². The van der Waals surface area contributed by atoms with E-state index in [9.17, 15) is 9.59 Å². The zero-order valence-corrected chi connectivity index (χ0v) is 11.5. The van der Waals surface area contributed by atoms with Crippen LogP contribution in [0.5, 0.6) is 0 Å². The molecule has 0 amide bonds. The van der Waals surface area contributed by atoms with Gasteiger partial charge in [-0.3, -0.25) is 9.59 Å². The van der Waals surface area contributed by atoms with Crippen LogP contribution in [0.3, 0.4) is 0 Å². The molecule has 0 aromatic heterocycles. The van der Waals surface area contributed by atoms with Gasteiger partial charge in [-0.2, -0.15) is 0 Å². The van der Waals surface area contributed by atoms with Gasteiger partial charge in [-0.1, -0.05) is 17.7 Å². The van der Waals surface area contributed by atoms with E-state index in [1.165, 1.54) is 0 Å². The molecule has 1 rings (SSSR count). The van der Waals surface area contributed by atoms with E-state index in [-0.39, 0.29) is 18.0 Å². The Hall–Kier alpha value is -1.48. The van der Waals surface area contributed by atoms with Crippen molar-refractivity contribution in [1.82, 2.24) is 0 Å². The third-order valence-electron chi connectivity index (χ3n) is 2.90. The van der Waals surface area contributed by atoms with Crippen molar-refractivity contribution in [1.29, 1.82) is 0 Å². The second-order valence-corrected chi connectivity index (χ2v) is 4.66. The fourth-order valence-corrected chi connectivity index (χ4v) is 2.19. The van der Waals surface area contributed by atoms with E-state index in [0.717, 1.165) is 16.7 Å². The summed E-state index contributed by atoms with van der Waals surface area (Å²) in [7, 11) is 1.55. The molecule has 0 fully saturated rings. The summed E-state index contributed by atoms with van der Waals surface area (Å²) >= 11 is 0. The van der Waals surface area contributed by atoms with Gasteiger partial charge in [0.2, 0.25) is 0 Å². The number of ketones is 2. The highest BCUT2D eigenvalue weighted by molar-refractivity contribution is 6.09. The first-order valence-corrected chi connectivity index (χ1v) is 6.07. The van der Waals surface area contributed by atoms with E-state index in [0.29, 0.717) is 18.6 Å². The van der Waals surface area contributed by atoms with Gasteiger partial charge < -0.3 is 4.74 Å². The molecular weight excluding hydrogens is 228 g/mol. The van der Waals surface area contributed by atoms with E-state index >= 15 is 0 Å². The maximum atomic E-state index is 12.1. The zero-order valence-electron chi connectivity index (χ0n) is 11.5. The standard InChI is InChI=1S/C15H20O3/c1-10-7-11(2)15(12(3)8-10)14(17)9-13(16)5-6-18-4/h7-8H,5-6,9H2,1-4H3. The lowest BCUT2D eigenvalue weighted by Gasteiger charge is -2.09. The van der Waals surface area contributed by atoms with Gasteiger partial charge in [0.1, 0.15) is 5.78 Å². The minimum Gasteiger partial charge on any atom is -0.384 e. The Balaban J connectivity index is 2.82. The van der Waals surface area contributed by atoms with E-state index in [2.05, 4.69) is 0 Å². The Kier molecular flexibility index (Phi) is 5.23. The number of aryl methyl sites for hydroxylation is 3. The molecule has 0 bridgehead atoms. The van der Waals surface area contributed by atoms with Gasteiger partial charge in [0.15, 0.2) is 5.78 Å². The monoisotopic (exact) mass is 248 g/mol. The summed E-state index contributed by atoms with van der Waals surface area (Å²) < 4.78 is 4.83. The highest BCUT2D eigenvalue weighted by atomic mass is 16.5. The Morgan fingerprint density at radius 2 is 1.67 bits per heavy atom. The highest BCUT2D eigenvalue weighted by Crippen LogP contribution is 2.18. The molecule has 0 atom stereocenters. The Morgan fingerprint density at radius 1 is 1.11 bits per heavy atom. The maximum absolute atomic E-state index is 12.1. The molecule has 1 aromatic carbocycles. The summed E-state index contributed by atoms with van der Waals surface area (Å²) in [4.78, 5) is 23.7. The predicted octanol–water partition coefficient (Wildman–Crippen LogP) is 2.79. The molecule has 3 nitrogen and oxygen atoms in total. The Morgan fingerprint density at radius 3 is 2.17 bits per heavy atom. The average molecular weight is 248 g/mol. The van der Waals surface area contributed by atoms with Crippen molar-refractivity contribution in [2.45, 2.75) is 33.6 Å². The number of carbonyl (C=O) groups excluding carboxylic acids is 2. The Bertz CT molecular complexity index is 438. The van der Waals surface area contributed by atoms with Crippen LogP contribution in [0.25, 0.3) is 0 Å². The molecule has 0 N–H and O–H groups in total. The second-order valence-electron chi connectivity index (χ2n) is 4.66. The van der Waals surface area contributed by atoms with Crippen LogP contribution in [0, 0.1) is 20.8 Å². The van der Waals surface area contributed by atoms with E-state index < -0.39 is 0 Å². The molecule has 0 radical (unpaired) electrons. The number of carbonyl (C=O) groups is 2. The number of benzene rings is 1. The first-order chi connectivity index (χ1) is 8.45. The first-order valence-electron chi connectivity index (χ1n) is 6.07. The summed E-state index contributed by atoms with van der Waals surface area (Å²) in [6.45, 7) is 6.19. The number of rotatable bonds is 6. The van der Waals surface area contributed by atoms with Crippen LogP contribution < -0.4 is 0 Å². The molecule has 0 unspecified atom stereocenters. The summed E-state index contributed by atoms with van der Waals surface area (Å²) in [5.74, 6) is -0.160. The fraction of sp³-hybridized carbons (Fsp3) is 0.467. The molecule has 0 aliphatic rings. The minimum atomic E-state index is -0.0916. The SMILES string of the molecule is COCCC(=O)CC(=O)c1c(C)cc(C)cc1C. The van der Waals surface area contributed by atoms with Crippen LogP contribution in [0.2, 0.25) is 0 Å². The van der Waals surface area contributed by atoms with Crippen LogP contribution in [-0.4, -0.2) is 25.3 Å². The van der Waals surface area contributed by atoms with Crippen LogP contribution >= 0.6 is 0 Å². The maximum Gasteiger partial charge on any atom is 0.170 e. The van der Waals surface area contributed by atoms with Gasteiger partial charge in [-0.05, 0) is 31.9 Å². The van der Waals surface area contributed by atoms with E-state index in [4.69, 9.17) is 4.74 Å². The van der Waals surface area contributed by atoms with Gasteiger partial charge in [-0.15, -0.1) is 0 Å². The predicted molar refractivity (Wildman–Crippen MR) is 71.1 cm³/mol. The van der Waals surface area contributed by atoms with Gasteiger partial charge in [0.05, 0.1) is 13.0 Å². The minimum absolute atomic E-state index is 0.0336. The van der Waals surface area contributed by atoms with Gasteiger partial charge >= 0.3 is 0 Å². The number of hydrogen-bond acceptors (Lipinski definition) is 3. The molecule has 0 aliphatic heterocycles. The van der Waals surface area contributed by atoms with Gasteiger partial charge in [0.25, 0.3) is 0 Å². The van der Waals surface area contributed by atoms with Crippen LogP contribution in [-0.2, 0) is 9.53 Å². The van der Waals surface area contributed by atoms with Crippen molar-refractivity contribution in [3.63, 3.8) is 0 Å². The number of hydrogen-bond donors (Lipinski definition) is 0. The lowest BCUT2D eigenvalue weighted by molar-refractivity contribution is -0.119. The van der Waals surface area contributed by atoms with E-state index in [1.54, 1.807) is 7.11 Å². The number of ether oxygens (including phenoxy) is 1. The van der Waals surface area contributed by atoms with Crippen molar-refractivity contribution in [2.24, 2.45) is 0 Å². The number of Topliss-reactive ketones (excluding diaryl/α,β-unsaturated/α-hetero) is 2. The quantitative estimate of drug-likeness (QED) is 0.574. The van der Waals surface area contributed by atoms with Gasteiger partial charge in [0, 0.05) is 19.1 Å².